The van der Waals surface area contributed by atoms with Gasteiger partial charge in [0.15, 0.2) is 0 Å². The van der Waals surface area contributed by atoms with E-state index in [1.54, 1.807) is 45.0 Å². The molecule has 1 heterocycles. The molecule has 0 radical (unpaired) electrons. The molecule has 0 aromatic heterocycles. The Kier molecular flexibility index (Phi) is 14.7. The first kappa shape index (κ1) is 36.4. The molecule has 0 fully saturated rings. The van der Waals surface area contributed by atoms with Crippen LogP contribution >= 0.6 is 0 Å². The van der Waals surface area contributed by atoms with Crippen molar-refractivity contribution in [2.24, 2.45) is 11.7 Å². The molecule has 0 aliphatic carbocycles. The fourth-order valence-electron chi connectivity index (χ4n) is 4.51. The van der Waals surface area contributed by atoms with Gasteiger partial charge in [-0.1, -0.05) is 32.4 Å². The predicted molar refractivity (Wildman–Crippen MR) is 165 cm³/mol. The lowest BCUT2D eigenvalue weighted by atomic mass is 10.0. The molecule has 2 atom stereocenters. The molecule has 246 valence electrons. The number of nitrogens with two attached hydrogens (primary N) is 1. The molecule has 1 aliphatic heterocycles. The second-order valence-corrected chi connectivity index (χ2v) is 11.2. The zero-order valence-electron chi connectivity index (χ0n) is 26.3. The van der Waals surface area contributed by atoms with E-state index in [0.717, 1.165) is 5.56 Å². The van der Waals surface area contributed by atoms with Crippen molar-refractivity contribution >= 4 is 47.2 Å². The maximum Gasteiger partial charge on any atom is 0.312 e. The monoisotopic (exact) mass is 628 g/mol. The molecule has 0 saturated heterocycles. The number of nitrogens with zero attached hydrogens (tertiary/aromatic N) is 1. The number of nitrogens with one attached hydrogen (secondary N) is 4. The minimum Gasteiger partial charge on any atom is -0.461 e. The minimum atomic E-state index is -0.986. The van der Waals surface area contributed by atoms with Gasteiger partial charge in [0.1, 0.15) is 18.7 Å². The van der Waals surface area contributed by atoms with Gasteiger partial charge in [0, 0.05) is 43.8 Å². The number of urea groups is 1. The summed E-state index contributed by atoms with van der Waals surface area (Å²) in [5.74, 6) is -2.69. The first-order chi connectivity index (χ1) is 21.3. The van der Waals surface area contributed by atoms with Gasteiger partial charge in [0.25, 0.3) is 11.8 Å². The van der Waals surface area contributed by atoms with Gasteiger partial charge in [0.2, 0.25) is 17.7 Å². The summed E-state index contributed by atoms with van der Waals surface area (Å²) in [6.07, 6.45) is 3.63. The molecule has 0 bridgehead atoms. The number of carbonyl (C=O) groups is 7. The predicted octanol–water partition coefficient (Wildman–Crippen LogP) is 1.64. The maximum absolute atomic E-state index is 13.3. The largest absolute Gasteiger partial charge is 0.461 e. The van der Waals surface area contributed by atoms with E-state index >= 15 is 0 Å². The molecular weight excluding hydrogens is 584 g/mol. The summed E-state index contributed by atoms with van der Waals surface area (Å²) in [6.45, 7) is 7.01. The number of carbonyl (C=O) groups excluding carboxylic acids is 7. The van der Waals surface area contributed by atoms with E-state index in [1.165, 1.54) is 17.9 Å². The molecule has 0 saturated carbocycles. The van der Waals surface area contributed by atoms with E-state index < -0.39 is 35.9 Å². The summed E-state index contributed by atoms with van der Waals surface area (Å²) < 4.78 is 4.97. The molecule has 0 unspecified atom stereocenters. The van der Waals surface area contributed by atoms with Crippen LogP contribution < -0.4 is 27.0 Å². The average molecular weight is 629 g/mol. The smallest absolute Gasteiger partial charge is 0.312 e. The van der Waals surface area contributed by atoms with Crippen molar-refractivity contribution in [3.05, 3.63) is 41.5 Å². The lowest BCUT2D eigenvalue weighted by molar-refractivity contribution is -0.142. The number of anilines is 1. The van der Waals surface area contributed by atoms with Crippen LogP contribution in [0.4, 0.5) is 10.5 Å². The highest BCUT2D eigenvalue weighted by Gasteiger charge is 2.29. The summed E-state index contributed by atoms with van der Waals surface area (Å²) in [5.41, 5.74) is 6.71. The number of rotatable bonds is 18. The molecular formula is C31H44N6O8. The molecule has 2 rings (SSSR count). The number of primary amides is 1. The van der Waals surface area contributed by atoms with E-state index in [9.17, 15) is 33.6 Å². The third-order valence-corrected chi connectivity index (χ3v) is 7.01. The molecule has 6 N–H and O–H groups in total. The summed E-state index contributed by atoms with van der Waals surface area (Å²) >= 11 is 0. The molecule has 14 heteroatoms. The SMILES string of the molecule is CC(=O)OCc1ccc(NC(=O)[C@H](CCCNC(N)=O)NC(=O)[C@@H](NC(=O)CCCCCN2C(=O)C=C(C)C2=O)C(C)C)cc1. The Balaban J connectivity index is 1.94. The van der Waals surface area contributed by atoms with Gasteiger partial charge in [-0.3, -0.25) is 33.7 Å². The number of esters is 1. The standard InChI is InChI=1S/C31H44N6O8/c1-19(2)27(36-25(39)10-6-5-7-16-37-26(40)17-20(3)30(37)43)29(42)35-24(9-8-15-33-31(32)44)28(41)34-23-13-11-22(12-14-23)18-45-21(4)38/h11-14,17,19,24,27H,5-10,15-16,18H2,1-4H3,(H,34,41)(H,35,42)(H,36,39)(H3,32,33,44)/t24-,27-/m0/s1. The van der Waals surface area contributed by atoms with Gasteiger partial charge in [0.05, 0.1) is 0 Å². The zero-order chi connectivity index (χ0) is 33.5. The maximum atomic E-state index is 13.3. The number of hydrogen-bond acceptors (Lipinski definition) is 8. The van der Waals surface area contributed by atoms with Crippen LogP contribution in [0, 0.1) is 5.92 Å². The van der Waals surface area contributed by atoms with Gasteiger partial charge >= 0.3 is 12.0 Å². The van der Waals surface area contributed by atoms with Crippen molar-refractivity contribution in [1.82, 2.24) is 20.9 Å². The van der Waals surface area contributed by atoms with Crippen LogP contribution in [0.25, 0.3) is 0 Å². The van der Waals surface area contributed by atoms with Gasteiger partial charge in [-0.15, -0.1) is 0 Å². The summed E-state index contributed by atoms with van der Waals surface area (Å²) in [7, 11) is 0. The van der Waals surface area contributed by atoms with Gasteiger partial charge in [-0.25, -0.2) is 4.79 Å². The first-order valence-corrected chi connectivity index (χ1v) is 15.0. The van der Waals surface area contributed by atoms with E-state index in [2.05, 4.69) is 21.3 Å². The van der Waals surface area contributed by atoms with Crippen LogP contribution in [0.1, 0.15) is 71.8 Å². The first-order valence-electron chi connectivity index (χ1n) is 15.0. The molecule has 1 aromatic carbocycles. The highest BCUT2D eigenvalue weighted by molar-refractivity contribution is 6.15. The van der Waals surface area contributed by atoms with Crippen LogP contribution in [0.3, 0.4) is 0 Å². The Bertz CT molecular complexity index is 1280. The van der Waals surface area contributed by atoms with Crippen molar-refractivity contribution < 1.29 is 38.3 Å². The molecule has 14 nitrogen and oxygen atoms in total. The fraction of sp³-hybridized carbons (Fsp3) is 0.516. The molecule has 7 amide bonds. The van der Waals surface area contributed by atoms with E-state index in [-0.39, 0.29) is 56.2 Å². The number of amides is 7. The van der Waals surface area contributed by atoms with Crippen molar-refractivity contribution in [3.63, 3.8) is 0 Å². The normalized spacial score (nSPS) is 14.0. The van der Waals surface area contributed by atoms with Crippen LogP contribution in [0.2, 0.25) is 0 Å². The topological polar surface area (TPSA) is 206 Å². The number of imide groups is 1. The van der Waals surface area contributed by atoms with E-state index in [1.807, 2.05) is 0 Å². The van der Waals surface area contributed by atoms with Crippen molar-refractivity contribution in [3.8, 4) is 0 Å². The summed E-state index contributed by atoms with van der Waals surface area (Å²) in [6, 6.07) is 4.06. The van der Waals surface area contributed by atoms with Gasteiger partial charge < -0.3 is 31.7 Å². The number of hydrogen-bond donors (Lipinski definition) is 5. The summed E-state index contributed by atoms with van der Waals surface area (Å²) in [4.78, 5) is 86.3. The highest BCUT2D eigenvalue weighted by atomic mass is 16.5. The van der Waals surface area contributed by atoms with Crippen LogP contribution in [-0.4, -0.2) is 71.6 Å². The lowest BCUT2D eigenvalue weighted by Crippen LogP contribution is -2.54. The van der Waals surface area contributed by atoms with Crippen molar-refractivity contribution in [1.29, 1.82) is 0 Å². The number of benzene rings is 1. The fourth-order valence-corrected chi connectivity index (χ4v) is 4.51. The van der Waals surface area contributed by atoms with Crippen molar-refractivity contribution in [2.45, 2.75) is 84.9 Å². The van der Waals surface area contributed by atoms with Crippen molar-refractivity contribution in [2.75, 3.05) is 18.4 Å². The Labute approximate surface area is 262 Å². The highest BCUT2D eigenvalue weighted by Crippen LogP contribution is 2.15. The van der Waals surface area contributed by atoms with Crippen LogP contribution in [-0.2, 0) is 40.1 Å². The van der Waals surface area contributed by atoms with Gasteiger partial charge in [-0.05, 0) is 56.2 Å². The number of unbranched alkanes of at least 4 members (excludes halogenated alkanes) is 2. The third kappa shape index (κ3) is 12.8. The molecule has 0 spiro atoms. The van der Waals surface area contributed by atoms with E-state index in [0.29, 0.717) is 36.9 Å². The van der Waals surface area contributed by atoms with Crippen LogP contribution in [0.5, 0.6) is 0 Å². The Morgan fingerprint density at radius 2 is 1.62 bits per heavy atom. The number of ether oxygens (including phenoxy) is 1. The Morgan fingerprint density at radius 1 is 0.933 bits per heavy atom. The third-order valence-electron chi connectivity index (χ3n) is 7.01. The molecule has 45 heavy (non-hydrogen) atoms. The minimum absolute atomic E-state index is 0.0927. The molecule has 1 aliphatic rings. The Morgan fingerprint density at radius 3 is 2.20 bits per heavy atom. The zero-order valence-corrected chi connectivity index (χ0v) is 26.3. The second kappa shape index (κ2) is 18.1. The molecule has 1 aromatic rings. The summed E-state index contributed by atoms with van der Waals surface area (Å²) in [5, 5.41) is 10.7. The average Bonchev–Trinajstić information content (AvgIpc) is 3.21. The van der Waals surface area contributed by atoms with Crippen LogP contribution in [0.15, 0.2) is 35.9 Å². The lowest BCUT2D eigenvalue weighted by Gasteiger charge is -2.25. The quantitative estimate of drug-likeness (QED) is 0.0915. The Hall–Kier alpha value is -4.75. The second-order valence-electron chi connectivity index (χ2n) is 11.2. The van der Waals surface area contributed by atoms with Gasteiger partial charge in [-0.2, -0.15) is 0 Å². The van der Waals surface area contributed by atoms with E-state index in [4.69, 9.17) is 10.5 Å².